The normalized spacial score (nSPS) is 16.7. The van der Waals surface area contributed by atoms with Crippen molar-refractivity contribution in [2.75, 3.05) is 19.6 Å². The average Bonchev–Trinajstić information content (AvgIpc) is 2.59. The van der Waals surface area contributed by atoms with E-state index in [2.05, 4.69) is 5.32 Å². The van der Waals surface area contributed by atoms with Gasteiger partial charge in [-0.2, -0.15) is 0 Å². The maximum Gasteiger partial charge on any atom is 0.407 e. The SMILES string of the molecule is CC(Oc1ccccc1)C(=O)N1CCC(CNC(=O)OC(C)(C)C)CC1. The Labute approximate surface area is 155 Å². The number of nitrogens with one attached hydrogen (secondary N) is 1. The number of hydrogen-bond donors (Lipinski definition) is 1. The number of amides is 2. The predicted molar refractivity (Wildman–Crippen MR) is 100 cm³/mol. The first-order valence-electron chi connectivity index (χ1n) is 9.22. The molecule has 1 heterocycles. The molecule has 1 aliphatic rings. The summed E-state index contributed by atoms with van der Waals surface area (Å²) in [5.74, 6) is 1.06. The molecule has 0 bridgehead atoms. The molecular formula is C20H30N2O4. The number of carbonyl (C=O) groups excluding carboxylic acids is 2. The molecule has 6 nitrogen and oxygen atoms in total. The summed E-state index contributed by atoms with van der Waals surface area (Å²) in [5, 5.41) is 2.82. The summed E-state index contributed by atoms with van der Waals surface area (Å²) in [6, 6.07) is 9.37. The van der Waals surface area contributed by atoms with Gasteiger partial charge in [-0.3, -0.25) is 4.79 Å². The number of para-hydroxylation sites is 1. The van der Waals surface area contributed by atoms with Crippen LogP contribution in [0.15, 0.2) is 30.3 Å². The highest BCUT2D eigenvalue weighted by atomic mass is 16.6. The van der Waals surface area contributed by atoms with Gasteiger partial charge in [-0.05, 0) is 58.6 Å². The molecule has 1 aromatic carbocycles. The molecule has 1 N–H and O–H groups in total. The lowest BCUT2D eigenvalue weighted by Crippen LogP contribution is -2.46. The van der Waals surface area contributed by atoms with E-state index in [0.717, 1.165) is 12.8 Å². The van der Waals surface area contributed by atoms with Gasteiger partial charge in [0.15, 0.2) is 6.10 Å². The number of rotatable bonds is 5. The highest BCUT2D eigenvalue weighted by molar-refractivity contribution is 5.81. The van der Waals surface area contributed by atoms with Crippen molar-refractivity contribution in [3.05, 3.63) is 30.3 Å². The van der Waals surface area contributed by atoms with Gasteiger partial charge < -0.3 is 19.7 Å². The van der Waals surface area contributed by atoms with Gasteiger partial charge in [0.2, 0.25) is 0 Å². The Balaban J connectivity index is 1.72. The van der Waals surface area contributed by atoms with Crippen molar-refractivity contribution < 1.29 is 19.1 Å². The Bertz CT molecular complexity index is 590. The summed E-state index contributed by atoms with van der Waals surface area (Å²) in [5.41, 5.74) is -0.491. The molecule has 0 aromatic heterocycles. The molecule has 0 aliphatic carbocycles. The zero-order valence-corrected chi connectivity index (χ0v) is 16.2. The van der Waals surface area contributed by atoms with Gasteiger partial charge in [-0.25, -0.2) is 4.79 Å². The van der Waals surface area contributed by atoms with E-state index in [0.29, 0.717) is 31.3 Å². The van der Waals surface area contributed by atoms with E-state index in [1.54, 1.807) is 6.92 Å². The highest BCUT2D eigenvalue weighted by Gasteiger charge is 2.27. The molecule has 1 saturated heterocycles. The van der Waals surface area contributed by atoms with Gasteiger partial charge in [0.25, 0.3) is 5.91 Å². The Morgan fingerprint density at radius 2 is 1.81 bits per heavy atom. The molecule has 144 valence electrons. The fourth-order valence-electron chi connectivity index (χ4n) is 2.91. The monoisotopic (exact) mass is 362 g/mol. The van der Waals surface area contributed by atoms with Crippen LogP contribution in [0.4, 0.5) is 4.79 Å². The third kappa shape index (κ3) is 6.58. The molecule has 1 aliphatic heterocycles. The number of hydrogen-bond acceptors (Lipinski definition) is 4. The van der Waals surface area contributed by atoms with Crippen molar-refractivity contribution in [3.63, 3.8) is 0 Å². The topological polar surface area (TPSA) is 67.9 Å². The average molecular weight is 362 g/mol. The second-order valence-corrected chi connectivity index (χ2v) is 7.72. The molecule has 26 heavy (non-hydrogen) atoms. The van der Waals surface area contributed by atoms with Crippen LogP contribution in [0.2, 0.25) is 0 Å². The van der Waals surface area contributed by atoms with Gasteiger partial charge in [0.1, 0.15) is 11.4 Å². The molecule has 2 amide bonds. The van der Waals surface area contributed by atoms with Crippen LogP contribution >= 0.6 is 0 Å². The number of alkyl carbamates (subject to hydrolysis) is 1. The third-order valence-electron chi connectivity index (χ3n) is 4.26. The van der Waals surface area contributed by atoms with Gasteiger partial charge in [-0.15, -0.1) is 0 Å². The molecule has 1 fully saturated rings. The van der Waals surface area contributed by atoms with Crippen LogP contribution in [0.3, 0.4) is 0 Å². The number of nitrogens with zero attached hydrogens (tertiary/aromatic N) is 1. The summed E-state index contributed by atoms with van der Waals surface area (Å²) < 4.78 is 11.0. The van der Waals surface area contributed by atoms with Crippen LogP contribution in [0.1, 0.15) is 40.5 Å². The van der Waals surface area contributed by atoms with Gasteiger partial charge in [-0.1, -0.05) is 18.2 Å². The van der Waals surface area contributed by atoms with Crippen LogP contribution in [0, 0.1) is 5.92 Å². The molecule has 1 unspecified atom stereocenters. The van der Waals surface area contributed by atoms with Crippen molar-refractivity contribution in [2.45, 2.75) is 52.2 Å². The Kier molecular flexibility index (Phi) is 6.89. The number of likely N-dealkylation sites (tertiary alicyclic amines) is 1. The number of benzene rings is 1. The van der Waals surface area contributed by atoms with Gasteiger partial charge in [0, 0.05) is 19.6 Å². The predicted octanol–water partition coefficient (Wildman–Crippen LogP) is 3.22. The van der Waals surface area contributed by atoms with E-state index in [9.17, 15) is 9.59 Å². The minimum absolute atomic E-state index is 0.00686. The summed E-state index contributed by atoms with van der Waals surface area (Å²) in [6.45, 7) is 9.25. The standard InChI is InChI=1S/C20H30N2O4/c1-15(25-17-8-6-5-7-9-17)18(23)22-12-10-16(11-13-22)14-21-19(24)26-20(2,3)4/h5-9,15-16H,10-14H2,1-4H3,(H,21,24). The first-order chi connectivity index (χ1) is 12.2. The van der Waals surface area contributed by atoms with Crippen LogP contribution in [-0.2, 0) is 9.53 Å². The minimum atomic E-state index is -0.506. The van der Waals surface area contributed by atoms with E-state index < -0.39 is 11.7 Å². The first-order valence-corrected chi connectivity index (χ1v) is 9.22. The number of piperidine rings is 1. The quantitative estimate of drug-likeness (QED) is 0.873. The number of carbonyl (C=O) groups is 2. The molecule has 0 spiro atoms. The van der Waals surface area contributed by atoms with Crippen molar-refractivity contribution in [2.24, 2.45) is 5.92 Å². The third-order valence-corrected chi connectivity index (χ3v) is 4.26. The summed E-state index contributed by atoms with van der Waals surface area (Å²) in [6.07, 6.45) is 0.828. The zero-order valence-electron chi connectivity index (χ0n) is 16.2. The molecule has 0 radical (unpaired) electrons. The van der Waals surface area contributed by atoms with Crippen LogP contribution in [-0.4, -0.2) is 48.2 Å². The van der Waals surface area contributed by atoms with Crippen LogP contribution < -0.4 is 10.1 Å². The lowest BCUT2D eigenvalue weighted by atomic mass is 9.96. The first kappa shape index (κ1) is 20.1. The fraction of sp³-hybridized carbons (Fsp3) is 0.600. The lowest BCUT2D eigenvalue weighted by molar-refractivity contribution is -0.139. The largest absolute Gasteiger partial charge is 0.481 e. The molecule has 1 atom stereocenters. The van der Waals surface area contributed by atoms with Crippen molar-refractivity contribution in [3.8, 4) is 5.75 Å². The minimum Gasteiger partial charge on any atom is -0.481 e. The Morgan fingerprint density at radius 1 is 1.19 bits per heavy atom. The smallest absolute Gasteiger partial charge is 0.407 e. The highest BCUT2D eigenvalue weighted by Crippen LogP contribution is 2.19. The van der Waals surface area contributed by atoms with Gasteiger partial charge in [0.05, 0.1) is 0 Å². The molecule has 1 aromatic rings. The lowest BCUT2D eigenvalue weighted by Gasteiger charge is -2.33. The van der Waals surface area contributed by atoms with Gasteiger partial charge >= 0.3 is 6.09 Å². The summed E-state index contributed by atoms with van der Waals surface area (Å²) in [4.78, 5) is 26.1. The van der Waals surface area contributed by atoms with E-state index in [1.165, 1.54) is 0 Å². The Hall–Kier alpha value is -2.24. The Morgan fingerprint density at radius 3 is 2.38 bits per heavy atom. The second kappa shape index (κ2) is 8.92. The van der Waals surface area contributed by atoms with Crippen molar-refractivity contribution >= 4 is 12.0 Å². The zero-order chi connectivity index (χ0) is 19.2. The van der Waals surface area contributed by atoms with Crippen LogP contribution in [0.5, 0.6) is 5.75 Å². The van der Waals surface area contributed by atoms with E-state index in [-0.39, 0.29) is 12.0 Å². The fourth-order valence-corrected chi connectivity index (χ4v) is 2.91. The molecule has 2 rings (SSSR count). The summed E-state index contributed by atoms with van der Waals surface area (Å²) >= 11 is 0. The van der Waals surface area contributed by atoms with Crippen LogP contribution in [0.25, 0.3) is 0 Å². The van der Waals surface area contributed by atoms with E-state index in [4.69, 9.17) is 9.47 Å². The molecular weight excluding hydrogens is 332 g/mol. The molecule has 6 heteroatoms. The maximum absolute atomic E-state index is 12.5. The van der Waals surface area contributed by atoms with Crippen molar-refractivity contribution in [1.82, 2.24) is 10.2 Å². The number of ether oxygens (including phenoxy) is 2. The van der Waals surface area contributed by atoms with E-state index >= 15 is 0 Å². The van der Waals surface area contributed by atoms with Crippen molar-refractivity contribution in [1.29, 1.82) is 0 Å². The molecule has 0 saturated carbocycles. The van der Waals surface area contributed by atoms with E-state index in [1.807, 2.05) is 56.0 Å². The summed E-state index contributed by atoms with van der Waals surface area (Å²) in [7, 11) is 0. The maximum atomic E-state index is 12.5. The second-order valence-electron chi connectivity index (χ2n) is 7.72.